The van der Waals surface area contributed by atoms with Gasteiger partial charge in [-0.25, -0.2) is 4.98 Å². The van der Waals surface area contributed by atoms with Gasteiger partial charge >= 0.3 is 0 Å². The summed E-state index contributed by atoms with van der Waals surface area (Å²) >= 11 is 0. The summed E-state index contributed by atoms with van der Waals surface area (Å²) in [6.45, 7) is 4.62. The summed E-state index contributed by atoms with van der Waals surface area (Å²) in [6, 6.07) is 4.01. The van der Waals surface area contributed by atoms with Gasteiger partial charge in [-0.15, -0.1) is 0 Å². The van der Waals surface area contributed by atoms with Gasteiger partial charge in [0.2, 0.25) is 5.91 Å². The third kappa shape index (κ3) is 3.22. The van der Waals surface area contributed by atoms with Crippen LogP contribution >= 0.6 is 0 Å². The average molecular weight is 247 g/mol. The van der Waals surface area contributed by atoms with E-state index in [1.54, 1.807) is 6.07 Å². The van der Waals surface area contributed by atoms with Crippen LogP contribution in [0.25, 0.3) is 0 Å². The number of hydrogen-bond donors (Lipinski definition) is 2. The molecule has 1 heterocycles. The Morgan fingerprint density at radius 2 is 2.28 bits per heavy atom. The summed E-state index contributed by atoms with van der Waals surface area (Å²) < 4.78 is 0. The smallest absolute Gasteiger partial charge is 0.250 e. The van der Waals surface area contributed by atoms with E-state index in [-0.39, 0.29) is 0 Å². The molecule has 0 bridgehead atoms. The lowest BCUT2D eigenvalue weighted by Gasteiger charge is -2.35. The van der Waals surface area contributed by atoms with Crippen LogP contribution in [0.3, 0.4) is 0 Å². The lowest BCUT2D eigenvalue weighted by molar-refractivity contribution is 0.1000. The molecule has 3 N–H and O–H groups in total. The molecule has 98 valence electrons. The van der Waals surface area contributed by atoms with Gasteiger partial charge in [-0.3, -0.25) is 4.79 Å². The molecular formula is C14H21N3O. The third-order valence-corrected chi connectivity index (χ3v) is 3.61. The Labute approximate surface area is 108 Å². The van der Waals surface area contributed by atoms with Crippen molar-refractivity contribution in [1.29, 1.82) is 0 Å². The van der Waals surface area contributed by atoms with Gasteiger partial charge in [-0.2, -0.15) is 0 Å². The number of rotatable bonds is 3. The van der Waals surface area contributed by atoms with Gasteiger partial charge in [-0.05, 0) is 36.8 Å². The van der Waals surface area contributed by atoms with Crippen molar-refractivity contribution >= 4 is 11.7 Å². The van der Waals surface area contributed by atoms with Gasteiger partial charge in [0.25, 0.3) is 0 Å². The van der Waals surface area contributed by atoms with Gasteiger partial charge in [0, 0.05) is 12.2 Å². The van der Waals surface area contributed by atoms with Crippen molar-refractivity contribution in [3.63, 3.8) is 0 Å². The van der Waals surface area contributed by atoms with Crippen LogP contribution < -0.4 is 11.1 Å². The zero-order valence-corrected chi connectivity index (χ0v) is 11.1. The lowest BCUT2D eigenvalue weighted by atomic mass is 9.75. The van der Waals surface area contributed by atoms with Crippen molar-refractivity contribution in [1.82, 2.24) is 4.98 Å². The molecule has 4 heteroatoms. The Morgan fingerprint density at radius 3 is 2.83 bits per heavy atom. The number of primary amides is 1. The Bertz CT molecular complexity index is 425. The maximum atomic E-state index is 10.9. The van der Waals surface area contributed by atoms with E-state index in [4.69, 9.17) is 5.73 Å². The zero-order valence-electron chi connectivity index (χ0n) is 11.1. The summed E-state index contributed by atoms with van der Waals surface area (Å²) in [5, 5.41) is 3.44. The first kappa shape index (κ1) is 12.9. The number of nitrogens with zero attached hydrogens (tertiary/aromatic N) is 1. The second-order valence-electron chi connectivity index (χ2n) is 5.90. The number of nitrogens with two attached hydrogens (primary N) is 1. The molecule has 1 fully saturated rings. The quantitative estimate of drug-likeness (QED) is 0.862. The predicted octanol–water partition coefficient (Wildman–Crippen LogP) is 2.56. The fraction of sp³-hybridized carbons (Fsp3) is 0.571. The van der Waals surface area contributed by atoms with Crippen molar-refractivity contribution < 1.29 is 4.79 Å². The highest BCUT2D eigenvalue weighted by Crippen LogP contribution is 2.36. The van der Waals surface area contributed by atoms with E-state index in [0.717, 1.165) is 12.2 Å². The zero-order chi connectivity index (χ0) is 13.2. The summed E-state index contributed by atoms with van der Waals surface area (Å²) in [5.41, 5.74) is 6.04. The number of hydrogen-bond acceptors (Lipinski definition) is 3. The molecule has 1 aromatic rings. The van der Waals surface area contributed by atoms with Gasteiger partial charge in [0.1, 0.15) is 5.82 Å². The van der Waals surface area contributed by atoms with E-state index in [9.17, 15) is 4.79 Å². The third-order valence-electron chi connectivity index (χ3n) is 3.61. The van der Waals surface area contributed by atoms with Crippen molar-refractivity contribution in [2.24, 2.45) is 11.1 Å². The van der Waals surface area contributed by atoms with Crippen molar-refractivity contribution in [3.8, 4) is 0 Å². The SMILES string of the molecule is CC1(C)CCCC(Nc2ccc(C(N)=O)cn2)C1. The molecule has 1 saturated carbocycles. The van der Waals surface area contributed by atoms with Crippen LogP contribution in [-0.4, -0.2) is 16.9 Å². The van der Waals surface area contributed by atoms with Gasteiger partial charge in [0.05, 0.1) is 5.56 Å². The number of pyridine rings is 1. The molecule has 1 aliphatic rings. The minimum atomic E-state index is -0.437. The van der Waals surface area contributed by atoms with Crippen molar-refractivity contribution in [2.45, 2.75) is 45.6 Å². The summed E-state index contributed by atoms with van der Waals surface area (Å²) in [4.78, 5) is 15.2. The highest BCUT2D eigenvalue weighted by molar-refractivity contribution is 5.92. The van der Waals surface area contributed by atoms with Crippen molar-refractivity contribution in [2.75, 3.05) is 5.32 Å². The minimum Gasteiger partial charge on any atom is -0.367 e. The first-order valence-corrected chi connectivity index (χ1v) is 6.49. The molecular weight excluding hydrogens is 226 g/mol. The Morgan fingerprint density at radius 1 is 1.50 bits per heavy atom. The number of nitrogens with one attached hydrogen (secondary N) is 1. The highest BCUT2D eigenvalue weighted by atomic mass is 16.1. The largest absolute Gasteiger partial charge is 0.367 e. The molecule has 1 aliphatic carbocycles. The Balaban J connectivity index is 1.99. The fourth-order valence-electron chi connectivity index (χ4n) is 2.66. The average Bonchev–Trinajstić information content (AvgIpc) is 2.28. The predicted molar refractivity (Wildman–Crippen MR) is 72.4 cm³/mol. The molecule has 0 aromatic carbocycles. The lowest BCUT2D eigenvalue weighted by Crippen LogP contribution is -2.32. The Kier molecular flexibility index (Phi) is 3.55. The monoisotopic (exact) mass is 247 g/mol. The minimum absolute atomic E-state index is 0.406. The number of carbonyl (C=O) groups excluding carboxylic acids is 1. The molecule has 4 nitrogen and oxygen atoms in total. The molecule has 0 aliphatic heterocycles. The van der Waals surface area contributed by atoms with E-state index < -0.39 is 5.91 Å². The normalized spacial score (nSPS) is 22.4. The molecule has 0 spiro atoms. The molecule has 1 unspecified atom stereocenters. The standard InChI is InChI=1S/C14H21N3O/c1-14(2)7-3-4-11(8-14)17-12-6-5-10(9-16-12)13(15)18/h5-6,9,11H,3-4,7-8H2,1-2H3,(H2,15,18)(H,16,17). The van der Waals surface area contributed by atoms with Crippen LogP contribution in [0.1, 0.15) is 49.9 Å². The second-order valence-corrected chi connectivity index (χ2v) is 5.90. The molecule has 2 rings (SSSR count). The van der Waals surface area contributed by atoms with Gasteiger partial charge < -0.3 is 11.1 Å². The van der Waals surface area contributed by atoms with Crippen LogP contribution in [0.15, 0.2) is 18.3 Å². The fourth-order valence-corrected chi connectivity index (χ4v) is 2.66. The van der Waals surface area contributed by atoms with Crippen molar-refractivity contribution in [3.05, 3.63) is 23.9 Å². The molecule has 0 radical (unpaired) electrons. The molecule has 1 atom stereocenters. The van der Waals surface area contributed by atoms with E-state index in [0.29, 0.717) is 17.0 Å². The number of carbonyl (C=O) groups is 1. The van der Waals surface area contributed by atoms with E-state index >= 15 is 0 Å². The van der Waals surface area contributed by atoms with Crippen LogP contribution in [0.2, 0.25) is 0 Å². The van der Waals surface area contributed by atoms with E-state index in [1.165, 1.54) is 25.5 Å². The summed E-state index contributed by atoms with van der Waals surface area (Å²) in [7, 11) is 0. The summed E-state index contributed by atoms with van der Waals surface area (Å²) in [5.74, 6) is 0.385. The van der Waals surface area contributed by atoms with Crippen LogP contribution in [-0.2, 0) is 0 Å². The van der Waals surface area contributed by atoms with E-state index in [2.05, 4.69) is 24.1 Å². The molecule has 1 aromatic heterocycles. The molecule has 0 saturated heterocycles. The van der Waals surface area contributed by atoms with E-state index in [1.807, 2.05) is 6.07 Å². The molecule has 1 amide bonds. The Hall–Kier alpha value is -1.58. The first-order valence-electron chi connectivity index (χ1n) is 6.49. The van der Waals surface area contributed by atoms with Crippen LogP contribution in [0.5, 0.6) is 0 Å². The number of aromatic nitrogens is 1. The number of anilines is 1. The maximum absolute atomic E-state index is 10.9. The van der Waals surface area contributed by atoms with Gasteiger partial charge in [0.15, 0.2) is 0 Å². The molecule has 18 heavy (non-hydrogen) atoms. The summed E-state index contributed by atoms with van der Waals surface area (Å²) in [6.07, 6.45) is 6.41. The van der Waals surface area contributed by atoms with Gasteiger partial charge in [-0.1, -0.05) is 20.3 Å². The van der Waals surface area contributed by atoms with Crippen LogP contribution in [0.4, 0.5) is 5.82 Å². The topological polar surface area (TPSA) is 68.0 Å². The second kappa shape index (κ2) is 4.96. The van der Waals surface area contributed by atoms with Crippen LogP contribution in [0, 0.1) is 5.41 Å². The maximum Gasteiger partial charge on any atom is 0.250 e. The first-order chi connectivity index (χ1) is 8.46. The highest BCUT2D eigenvalue weighted by Gasteiger charge is 2.27. The number of amides is 1.